The van der Waals surface area contributed by atoms with Gasteiger partial charge in [0, 0.05) is 36.2 Å². The van der Waals surface area contributed by atoms with Crippen molar-refractivity contribution in [3.05, 3.63) is 42.0 Å². The SMILES string of the molecule is CC[C@@H]1C=CC[C@@H](C(=O)[O-])[C@@H]1C(=O)Nc1ccc(C(=O)N2CCOCC2)cc1. The minimum Gasteiger partial charge on any atom is -0.550 e. The number of morpholine rings is 1. The third-order valence-corrected chi connectivity index (χ3v) is 5.44. The van der Waals surface area contributed by atoms with Gasteiger partial charge in [-0.25, -0.2) is 0 Å². The van der Waals surface area contributed by atoms with Gasteiger partial charge >= 0.3 is 0 Å². The Bertz CT molecular complexity index is 753. The number of carboxylic acid groups (broad SMARTS) is 1. The first-order valence-electron chi connectivity index (χ1n) is 9.66. The Hall–Kier alpha value is -2.67. The van der Waals surface area contributed by atoms with Gasteiger partial charge in [-0.1, -0.05) is 19.1 Å². The summed E-state index contributed by atoms with van der Waals surface area (Å²) in [5, 5.41) is 14.3. The van der Waals surface area contributed by atoms with Gasteiger partial charge in [-0.2, -0.15) is 0 Å². The molecule has 0 saturated carbocycles. The highest BCUT2D eigenvalue weighted by Crippen LogP contribution is 2.33. The second-order valence-electron chi connectivity index (χ2n) is 7.16. The lowest BCUT2D eigenvalue weighted by atomic mass is 9.74. The van der Waals surface area contributed by atoms with Crippen LogP contribution in [-0.2, 0) is 14.3 Å². The van der Waals surface area contributed by atoms with Crippen molar-refractivity contribution >= 4 is 23.5 Å². The highest BCUT2D eigenvalue weighted by molar-refractivity contribution is 5.97. The predicted molar refractivity (Wildman–Crippen MR) is 101 cm³/mol. The van der Waals surface area contributed by atoms with E-state index in [2.05, 4.69) is 5.32 Å². The van der Waals surface area contributed by atoms with Crippen LogP contribution in [0.1, 0.15) is 30.1 Å². The van der Waals surface area contributed by atoms with Crippen LogP contribution in [0, 0.1) is 17.8 Å². The lowest BCUT2D eigenvalue weighted by molar-refractivity contribution is -0.313. The molecule has 0 unspecified atom stereocenters. The minimum absolute atomic E-state index is 0.0679. The van der Waals surface area contributed by atoms with Gasteiger partial charge < -0.3 is 24.9 Å². The number of aliphatic carboxylic acids is 1. The number of hydrogen-bond donors (Lipinski definition) is 1. The zero-order valence-corrected chi connectivity index (χ0v) is 15.9. The fourth-order valence-corrected chi connectivity index (χ4v) is 3.85. The van der Waals surface area contributed by atoms with Crippen LogP contribution in [0.5, 0.6) is 0 Å². The molecule has 0 aromatic heterocycles. The summed E-state index contributed by atoms with van der Waals surface area (Å²) < 4.78 is 5.26. The number of nitrogens with zero attached hydrogens (tertiary/aromatic N) is 1. The second kappa shape index (κ2) is 9.01. The van der Waals surface area contributed by atoms with Crippen LogP contribution in [-0.4, -0.2) is 49.0 Å². The maximum Gasteiger partial charge on any atom is 0.254 e. The molecule has 3 rings (SSSR count). The third-order valence-electron chi connectivity index (χ3n) is 5.44. The number of nitrogens with one attached hydrogen (secondary N) is 1. The van der Waals surface area contributed by atoms with Gasteiger partial charge in [-0.15, -0.1) is 0 Å². The average molecular weight is 385 g/mol. The summed E-state index contributed by atoms with van der Waals surface area (Å²) in [6.07, 6.45) is 4.69. The normalized spacial score (nSPS) is 24.6. The Labute approximate surface area is 164 Å². The number of rotatable bonds is 5. The lowest BCUT2D eigenvalue weighted by Crippen LogP contribution is -2.44. The molecule has 28 heavy (non-hydrogen) atoms. The molecule has 0 bridgehead atoms. The smallest absolute Gasteiger partial charge is 0.254 e. The maximum absolute atomic E-state index is 12.8. The van der Waals surface area contributed by atoms with Crippen LogP contribution in [0.4, 0.5) is 5.69 Å². The van der Waals surface area contributed by atoms with E-state index < -0.39 is 17.8 Å². The quantitative estimate of drug-likeness (QED) is 0.765. The largest absolute Gasteiger partial charge is 0.550 e. The zero-order valence-electron chi connectivity index (χ0n) is 15.9. The Morgan fingerprint density at radius 2 is 1.86 bits per heavy atom. The van der Waals surface area contributed by atoms with Gasteiger partial charge in [-0.3, -0.25) is 9.59 Å². The van der Waals surface area contributed by atoms with E-state index in [0.717, 1.165) is 0 Å². The Kier molecular flexibility index (Phi) is 6.46. The number of benzene rings is 1. The Morgan fingerprint density at radius 1 is 1.18 bits per heavy atom. The molecular formula is C21H25N2O5-. The van der Waals surface area contributed by atoms with Gasteiger partial charge in [0.15, 0.2) is 0 Å². The molecular weight excluding hydrogens is 360 g/mol. The topological polar surface area (TPSA) is 98.8 Å². The fourth-order valence-electron chi connectivity index (χ4n) is 3.85. The molecule has 3 atom stereocenters. The zero-order chi connectivity index (χ0) is 20.1. The minimum atomic E-state index is -1.20. The van der Waals surface area contributed by atoms with Crippen molar-refractivity contribution in [3.8, 4) is 0 Å². The molecule has 1 fully saturated rings. The number of allylic oxidation sites excluding steroid dienone is 2. The van der Waals surface area contributed by atoms with Crippen LogP contribution in [0.3, 0.4) is 0 Å². The van der Waals surface area contributed by atoms with Gasteiger partial charge in [0.1, 0.15) is 0 Å². The molecule has 0 spiro atoms. The van der Waals surface area contributed by atoms with Crippen molar-refractivity contribution in [2.45, 2.75) is 19.8 Å². The van der Waals surface area contributed by atoms with E-state index in [4.69, 9.17) is 4.74 Å². The first kappa shape index (κ1) is 20.1. The summed E-state index contributed by atoms with van der Waals surface area (Å²) in [7, 11) is 0. The van der Waals surface area contributed by atoms with Crippen molar-refractivity contribution < 1.29 is 24.2 Å². The van der Waals surface area contributed by atoms with Gasteiger partial charge in [0.05, 0.1) is 19.1 Å². The number of hydrogen-bond acceptors (Lipinski definition) is 5. The number of ether oxygens (including phenoxy) is 1. The van der Waals surface area contributed by atoms with Gasteiger partial charge in [0.25, 0.3) is 5.91 Å². The maximum atomic E-state index is 12.8. The second-order valence-corrected chi connectivity index (χ2v) is 7.16. The Morgan fingerprint density at radius 3 is 2.46 bits per heavy atom. The summed E-state index contributed by atoms with van der Waals surface area (Å²) in [5.74, 6) is -3.25. The van der Waals surface area contributed by atoms with Crippen molar-refractivity contribution in [3.63, 3.8) is 0 Å². The van der Waals surface area contributed by atoms with Crippen LogP contribution in [0.2, 0.25) is 0 Å². The standard InChI is InChI=1S/C21H26N2O5/c1-2-14-4-3-5-17(21(26)27)18(14)19(24)22-16-8-6-15(7-9-16)20(25)23-10-12-28-13-11-23/h3-4,6-9,14,17-18H,2,5,10-13H2,1H3,(H,22,24)(H,26,27)/p-1/t14-,17-,18-/m1/s1. The highest BCUT2D eigenvalue weighted by atomic mass is 16.5. The fraction of sp³-hybridized carbons (Fsp3) is 0.476. The summed E-state index contributed by atoms with van der Waals surface area (Å²) in [5.41, 5.74) is 1.07. The van der Waals surface area contributed by atoms with E-state index in [0.29, 0.717) is 50.4 Å². The third kappa shape index (κ3) is 4.42. The average Bonchev–Trinajstić information content (AvgIpc) is 2.73. The van der Waals surface area contributed by atoms with Gasteiger partial charge in [0.2, 0.25) is 5.91 Å². The van der Waals surface area contributed by atoms with E-state index in [1.54, 1.807) is 29.2 Å². The predicted octanol–water partition coefficient (Wildman–Crippen LogP) is 1.07. The summed E-state index contributed by atoms with van der Waals surface area (Å²) in [6.45, 7) is 4.13. The Balaban J connectivity index is 1.68. The molecule has 1 aliphatic carbocycles. The van der Waals surface area contributed by atoms with Crippen LogP contribution >= 0.6 is 0 Å². The molecule has 1 aromatic rings. The van der Waals surface area contributed by atoms with E-state index in [1.165, 1.54) is 0 Å². The van der Waals surface area contributed by atoms with Crippen LogP contribution in [0.25, 0.3) is 0 Å². The molecule has 2 amide bonds. The number of carboxylic acids is 1. The number of anilines is 1. The molecule has 150 valence electrons. The molecule has 1 N–H and O–H groups in total. The van der Waals surface area contributed by atoms with Crippen molar-refractivity contribution in [1.29, 1.82) is 0 Å². The first-order valence-corrected chi connectivity index (χ1v) is 9.66. The molecule has 7 heteroatoms. The molecule has 7 nitrogen and oxygen atoms in total. The number of amides is 2. The van der Waals surface area contributed by atoms with E-state index in [9.17, 15) is 19.5 Å². The molecule has 1 aliphatic heterocycles. The van der Waals surface area contributed by atoms with Crippen molar-refractivity contribution in [1.82, 2.24) is 4.90 Å². The molecule has 1 heterocycles. The molecule has 1 saturated heterocycles. The first-order chi connectivity index (χ1) is 13.5. The van der Waals surface area contributed by atoms with E-state index in [-0.39, 0.29) is 17.7 Å². The lowest BCUT2D eigenvalue weighted by Gasteiger charge is -2.34. The monoisotopic (exact) mass is 385 g/mol. The highest BCUT2D eigenvalue weighted by Gasteiger charge is 2.36. The summed E-state index contributed by atoms with van der Waals surface area (Å²) in [6, 6.07) is 6.67. The van der Waals surface area contributed by atoms with Crippen molar-refractivity contribution in [2.24, 2.45) is 17.8 Å². The molecule has 2 aliphatic rings. The molecule has 1 aromatic carbocycles. The van der Waals surface area contributed by atoms with E-state index >= 15 is 0 Å². The van der Waals surface area contributed by atoms with Crippen molar-refractivity contribution in [2.75, 3.05) is 31.6 Å². The van der Waals surface area contributed by atoms with Crippen LogP contribution < -0.4 is 10.4 Å². The van der Waals surface area contributed by atoms with Crippen LogP contribution in [0.15, 0.2) is 36.4 Å². The number of carbonyl (C=O) groups excluding carboxylic acids is 3. The van der Waals surface area contributed by atoms with E-state index in [1.807, 2.05) is 19.1 Å². The summed E-state index contributed by atoms with van der Waals surface area (Å²) in [4.78, 5) is 38.5. The number of carbonyl (C=O) groups is 3. The summed E-state index contributed by atoms with van der Waals surface area (Å²) >= 11 is 0. The van der Waals surface area contributed by atoms with Gasteiger partial charge in [-0.05, 0) is 43.0 Å². The molecule has 0 radical (unpaired) electrons.